The normalized spacial score (nSPS) is 12.6. The van der Waals surface area contributed by atoms with Crippen LogP contribution in [-0.2, 0) is 0 Å². The minimum Gasteiger partial charge on any atom is -0.493 e. The Morgan fingerprint density at radius 3 is 2.63 bits per heavy atom. The van der Waals surface area contributed by atoms with E-state index in [1.54, 1.807) is 6.92 Å². The van der Waals surface area contributed by atoms with Gasteiger partial charge in [0.2, 0.25) is 0 Å². The average molecular weight is 258 g/mol. The Hall–Kier alpha value is -1.54. The first-order valence-corrected chi connectivity index (χ1v) is 7.06. The standard InChI is InChI=1S/C17H22O2/c1-3-4-7-12-19-17-15(13(2)18)11-10-14-8-5-6-9-16(14)17/h5-6,8-11,13,18H,3-4,7,12H2,1-2H3/t13-/m1/s1. The second-order valence-corrected chi connectivity index (χ2v) is 4.94. The third-order valence-electron chi connectivity index (χ3n) is 3.35. The molecule has 0 aromatic heterocycles. The summed E-state index contributed by atoms with van der Waals surface area (Å²) < 4.78 is 5.95. The number of unbranched alkanes of at least 4 members (excludes halogenated alkanes) is 2. The van der Waals surface area contributed by atoms with Gasteiger partial charge in [0.15, 0.2) is 0 Å². The monoisotopic (exact) mass is 258 g/mol. The maximum Gasteiger partial charge on any atom is 0.132 e. The second kappa shape index (κ2) is 6.58. The van der Waals surface area contributed by atoms with E-state index in [9.17, 15) is 5.11 Å². The molecule has 1 atom stereocenters. The number of hydrogen-bond donors (Lipinski definition) is 1. The van der Waals surface area contributed by atoms with Crippen molar-refractivity contribution in [2.24, 2.45) is 0 Å². The van der Waals surface area contributed by atoms with Crippen LogP contribution in [0.3, 0.4) is 0 Å². The van der Waals surface area contributed by atoms with Gasteiger partial charge in [-0.05, 0) is 18.7 Å². The summed E-state index contributed by atoms with van der Waals surface area (Å²) in [7, 11) is 0. The minimum atomic E-state index is -0.509. The van der Waals surface area contributed by atoms with E-state index in [1.165, 1.54) is 12.8 Å². The van der Waals surface area contributed by atoms with Gasteiger partial charge in [-0.1, -0.05) is 56.2 Å². The molecule has 2 aromatic carbocycles. The van der Waals surface area contributed by atoms with Gasteiger partial charge in [-0.3, -0.25) is 0 Å². The smallest absolute Gasteiger partial charge is 0.132 e. The number of rotatable bonds is 6. The van der Waals surface area contributed by atoms with Gasteiger partial charge >= 0.3 is 0 Å². The van der Waals surface area contributed by atoms with Gasteiger partial charge in [0, 0.05) is 10.9 Å². The molecule has 0 radical (unpaired) electrons. The fraction of sp³-hybridized carbons (Fsp3) is 0.412. The summed E-state index contributed by atoms with van der Waals surface area (Å²) in [5, 5.41) is 12.1. The minimum absolute atomic E-state index is 0.509. The summed E-state index contributed by atoms with van der Waals surface area (Å²) in [5.41, 5.74) is 0.871. The van der Waals surface area contributed by atoms with Gasteiger partial charge in [0.25, 0.3) is 0 Å². The lowest BCUT2D eigenvalue weighted by Crippen LogP contribution is -2.03. The average Bonchev–Trinajstić information content (AvgIpc) is 2.43. The summed E-state index contributed by atoms with van der Waals surface area (Å²) in [4.78, 5) is 0. The summed E-state index contributed by atoms with van der Waals surface area (Å²) in [6.45, 7) is 4.67. The molecule has 0 fully saturated rings. The van der Waals surface area contributed by atoms with Crippen LogP contribution in [0.1, 0.15) is 44.8 Å². The Morgan fingerprint density at radius 2 is 1.89 bits per heavy atom. The predicted octanol–water partition coefficient (Wildman–Crippen LogP) is 4.46. The van der Waals surface area contributed by atoms with Crippen molar-refractivity contribution in [1.82, 2.24) is 0 Å². The summed E-state index contributed by atoms with van der Waals surface area (Å²) >= 11 is 0. The van der Waals surface area contributed by atoms with Crippen LogP contribution in [0.5, 0.6) is 5.75 Å². The van der Waals surface area contributed by atoms with Gasteiger partial charge in [-0.15, -0.1) is 0 Å². The Kier molecular flexibility index (Phi) is 4.80. The van der Waals surface area contributed by atoms with Gasteiger partial charge in [0.1, 0.15) is 5.75 Å². The molecule has 102 valence electrons. The molecule has 2 rings (SSSR count). The van der Waals surface area contributed by atoms with Crippen LogP contribution in [0, 0.1) is 0 Å². The molecule has 1 N–H and O–H groups in total. The molecule has 0 aliphatic heterocycles. The lowest BCUT2D eigenvalue weighted by molar-refractivity contribution is 0.191. The topological polar surface area (TPSA) is 29.5 Å². The quantitative estimate of drug-likeness (QED) is 0.775. The van der Waals surface area contributed by atoms with Crippen LogP contribution in [0.2, 0.25) is 0 Å². The third kappa shape index (κ3) is 3.27. The molecule has 0 saturated carbocycles. The highest BCUT2D eigenvalue weighted by atomic mass is 16.5. The predicted molar refractivity (Wildman–Crippen MR) is 79.6 cm³/mol. The molecule has 0 saturated heterocycles. The van der Waals surface area contributed by atoms with Crippen molar-refractivity contribution in [3.8, 4) is 5.75 Å². The molecular weight excluding hydrogens is 236 g/mol. The SMILES string of the molecule is CCCCCOc1c([C@@H](C)O)ccc2ccccc12. The Morgan fingerprint density at radius 1 is 1.11 bits per heavy atom. The first-order valence-electron chi connectivity index (χ1n) is 7.06. The highest BCUT2D eigenvalue weighted by Crippen LogP contribution is 2.33. The fourth-order valence-corrected chi connectivity index (χ4v) is 2.28. The van der Waals surface area contributed by atoms with Crippen molar-refractivity contribution in [3.63, 3.8) is 0 Å². The number of aliphatic hydroxyl groups is 1. The molecule has 19 heavy (non-hydrogen) atoms. The van der Waals surface area contributed by atoms with Crippen LogP contribution in [0.25, 0.3) is 10.8 Å². The Labute approximate surface area is 115 Å². The van der Waals surface area contributed by atoms with Gasteiger partial charge in [-0.2, -0.15) is 0 Å². The number of ether oxygens (including phenoxy) is 1. The molecule has 2 nitrogen and oxygen atoms in total. The molecule has 0 unspecified atom stereocenters. The van der Waals surface area contributed by atoms with Crippen LogP contribution in [0.15, 0.2) is 36.4 Å². The second-order valence-electron chi connectivity index (χ2n) is 4.94. The lowest BCUT2D eigenvalue weighted by Gasteiger charge is -2.16. The van der Waals surface area contributed by atoms with Crippen LogP contribution < -0.4 is 4.74 Å². The van der Waals surface area contributed by atoms with E-state index in [0.29, 0.717) is 6.61 Å². The van der Waals surface area contributed by atoms with E-state index in [-0.39, 0.29) is 0 Å². The largest absolute Gasteiger partial charge is 0.493 e. The lowest BCUT2D eigenvalue weighted by atomic mass is 10.0. The molecule has 0 aliphatic rings. The molecular formula is C17H22O2. The number of fused-ring (bicyclic) bond motifs is 1. The van der Waals surface area contributed by atoms with Crippen molar-refractivity contribution in [1.29, 1.82) is 0 Å². The summed E-state index contributed by atoms with van der Waals surface area (Å²) in [6.07, 6.45) is 2.90. The molecule has 0 amide bonds. The molecule has 0 heterocycles. The Balaban J connectivity index is 2.33. The molecule has 0 aliphatic carbocycles. The number of aliphatic hydroxyl groups excluding tert-OH is 1. The van der Waals surface area contributed by atoms with Gasteiger partial charge in [-0.25, -0.2) is 0 Å². The van der Waals surface area contributed by atoms with E-state index < -0.39 is 6.10 Å². The van der Waals surface area contributed by atoms with Crippen LogP contribution >= 0.6 is 0 Å². The zero-order chi connectivity index (χ0) is 13.7. The highest BCUT2D eigenvalue weighted by Gasteiger charge is 2.12. The zero-order valence-electron chi connectivity index (χ0n) is 11.7. The van der Waals surface area contributed by atoms with E-state index in [4.69, 9.17) is 4.74 Å². The molecule has 2 heteroatoms. The van der Waals surface area contributed by atoms with Crippen molar-refractivity contribution in [3.05, 3.63) is 42.0 Å². The maximum absolute atomic E-state index is 9.89. The number of benzene rings is 2. The maximum atomic E-state index is 9.89. The fourth-order valence-electron chi connectivity index (χ4n) is 2.28. The summed E-state index contributed by atoms with van der Waals surface area (Å²) in [6, 6.07) is 12.1. The summed E-state index contributed by atoms with van der Waals surface area (Å²) in [5.74, 6) is 0.837. The molecule has 0 spiro atoms. The van der Waals surface area contributed by atoms with E-state index in [0.717, 1.165) is 28.5 Å². The first-order chi connectivity index (χ1) is 9.24. The Bertz CT molecular complexity index is 532. The van der Waals surface area contributed by atoms with E-state index >= 15 is 0 Å². The zero-order valence-corrected chi connectivity index (χ0v) is 11.7. The van der Waals surface area contributed by atoms with Crippen LogP contribution in [0.4, 0.5) is 0 Å². The van der Waals surface area contributed by atoms with Crippen LogP contribution in [-0.4, -0.2) is 11.7 Å². The number of hydrogen-bond acceptors (Lipinski definition) is 2. The van der Waals surface area contributed by atoms with E-state index in [2.05, 4.69) is 19.1 Å². The van der Waals surface area contributed by atoms with E-state index in [1.807, 2.05) is 24.3 Å². The van der Waals surface area contributed by atoms with Crippen molar-refractivity contribution in [2.45, 2.75) is 39.2 Å². The molecule has 2 aromatic rings. The highest BCUT2D eigenvalue weighted by molar-refractivity contribution is 5.89. The third-order valence-corrected chi connectivity index (χ3v) is 3.35. The molecule has 0 bridgehead atoms. The first kappa shape index (κ1) is 13.9. The van der Waals surface area contributed by atoms with Gasteiger partial charge < -0.3 is 9.84 Å². The van der Waals surface area contributed by atoms with Gasteiger partial charge in [0.05, 0.1) is 12.7 Å². The van der Waals surface area contributed by atoms with Crippen molar-refractivity contribution >= 4 is 10.8 Å². The van der Waals surface area contributed by atoms with Crippen molar-refractivity contribution < 1.29 is 9.84 Å². The van der Waals surface area contributed by atoms with Crippen molar-refractivity contribution in [2.75, 3.05) is 6.61 Å².